The smallest absolute Gasteiger partial charge is 0.152 e. The Hall–Kier alpha value is -1.07. The summed E-state index contributed by atoms with van der Waals surface area (Å²) in [5, 5.41) is 8.36. The highest BCUT2D eigenvalue weighted by atomic mass is 32.2. The minimum atomic E-state index is -2.85. The van der Waals surface area contributed by atoms with E-state index in [1.54, 1.807) is 0 Å². The van der Waals surface area contributed by atoms with Crippen LogP contribution in [0.3, 0.4) is 0 Å². The summed E-state index contributed by atoms with van der Waals surface area (Å²) in [6.45, 7) is 7.02. The number of sulfone groups is 1. The van der Waals surface area contributed by atoms with Crippen molar-refractivity contribution in [3.63, 3.8) is 0 Å². The first-order valence-corrected chi connectivity index (χ1v) is 10.0. The van der Waals surface area contributed by atoms with Crippen molar-refractivity contribution in [3.05, 3.63) is 11.4 Å². The van der Waals surface area contributed by atoms with E-state index < -0.39 is 9.84 Å². The van der Waals surface area contributed by atoms with Gasteiger partial charge in [-0.1, -0.05) is 5.21 Å². The second-order valence-electron chi connectivity index (χ2n) is 5.79. The van der Waals surface area contributed by atoms with Crippen LogP contribution < -0.4 is 5.73 Å². The van der Waals surface area contributed by atoms with E-state index in [4.69, 9.17) is 15.2 Å². The molecule has 10 heteroatoms. The van der Waals surface area contributed by atoms with E-state index in [0.717, 1.165) is 11.4 Å². The predicted octanol–water partition coefficient (Wildman–Crippen LogP) is -1.19. The summed E-state index contributed by atoms with van der Waals surface area (Å²) in [7, 11) is -2.85. The molecule has 2 heterocycles. The first kappa shape index (κ1) is 19.3. The van der Waals surface area contributed by atoms with Gasteiger partial charge in [0.1, 0.15) is 0 Å². The van der Waals surface area contributed by atoms with Crippen LogP contribution in [0.4, 0.5) is 0 Å². The average Bonchev–Trinajstić information content (AvgIpc) is 2.89. The molecule has 9 nitrogen and oxygen atoms in total. The Morgan fingerprint density at radius 2 is 1.79 bits per heavy atom. The average molecular weight is 361 g/mol. The molecule has 0 saturated carbocycles. The Morgan fingerprint density at radius 3 is 2.46 bits per heavy atom. The molecule has 24 heavy (non-hydrogen) atoms. The van der Waals surface area contributed by atoms with Crippen LogP contribution in [0.25, 0.3) is 0 Å². The van der Waals surface area contributed by atoms with Gasteiger partial charge in [0.2, 0.25) is 0 Å². The predicted molar refractivity (Wildman–Crippen MR) is 89.4 cm³/mol. The van der Waals surface area contributed by atoms with Gasteiger partial charge >= 0.3 is 0 Å². The highest BCUT2D eigenvalue weighted by Crippen LogP contribution is 2.11. The van der Waals surface area contributed by atoms with E-state index in [1.807, 2.05) is 11.6 Å². The van der Waals surface area contributed by atoms with Gasteiger partial charge in [0.05, 0.1) is 55.9 Å². The summed E-state index contributed by atoms with van der Waals surface area (Å²) in [5.41, 5.74) is 7.21. The lowest BCUT2D eigenvalue weighted by molar-refractivity contribution is 0.0465. The molecule has 0 spiro atoms. The van der Waals surface area contributed by atoms with Crippen LogP contribution in [-0.4, -0.2) is 85.9 Å². The number of ether oxygens (including phenoxy) is 2. The van der Waals surface area contributed by atoms with E-state index >= 15 is 0 Å². The molecule has 1 aromatic rings. The summed E-state index contributed by atoms with van der Waals surface area (Å²) in [4.78, 5) is 2.10. The van der Waals surface area contributed by atoms with Crippen molar-refractivity contribution < 1.29 is 17.9 Å². The standard InChI is InChI=1S/C14H27N5O4S/c1-13-14(12-18-4-10-24(20,21)11-5-18)16-17-19(13)3-7-23-9-8-22-6-2-15/h2-12,15H2,1H3. The second-order valence-corrected chi connectivity index (χ2v) is 8.09. The lowest BCUT2D eigenvalue weighted by atomic mass is 10.3. The minimum absolute atomic E-state index is 0.222. The third-order valence-corrected chi connectivity index (χ3v) is 5.58. The fraction of sp³-hybridized carbons (Fsp3) is 0.857. The van der Waals surface area contributed by atoms with Crippen molar-refractivity contribution in [1.29, 1.82) is 0 Å². The van der Waals surface area contributed by atoms with Crippen molar-refractivity contribution >= 4 is 9.84 Å². The first-order valence-electron chi connectivity index (χ1n) is 8.19. The lowest BCUT2D eigenvalue weighted by Gasteiger charge is -2.25. The zero-order valence-electron chi connectivity index (χ0n) is 14.2. The van der Waals surface area contributed by atoms with E-state index in [1.165, 1.54) is 0 Å². The second kappa shape index (κ2) is 9.42. The van der Waals surface area contributed by atoms with Gasteiger partial charge in [-0.05, 0) is 6.92 Å². The summed E-state index contributed by atoms with van der Waals surface area (Å²) in [6, 6.07) is 0. The maximum absolute atomic E-state index is 11.5. The Kier molecular flexibility index (Phi) is 7.56. The number of aromatic nitrogens is 3. The Labute approximate surface area is 143 Å². The molecule has 2 rings (SSSR count). The van der Waals surface area contributed by atoms with E-state index in [-0.39, 0.29) is 11.5 Å². The molecule has 138 valence electrons. The van der Waals surface area contributed by atoms with E-state index in [2.05, 4.69) is 15.2 Å². The minimum Gasteiger partial charge on any atom is -0.378 e. The molecule has 1 saturated heterocycles. The van der Waals surface area contributed by atoms with Gasteiger partial charge in [0.25, 0.3) is 0 Å². The van der Waals surface area contributed by atoms with Crippen LogP contribution in [0.2, 0.25) is 0 Å². The van der Waals surface area contributed by atoms with Crippen molar-refractivity contribution in [2.45, 2.75) is 20.0 Å². The summed E-state index contributed by atoms with van der Waals surface area (Å²) in [6.07, 6.45) is 0. The highest BCUT2D eigenvalue weighted by molar-refractivity contribution is 7.91. The topological polar surface area (TPSA) is 113 Å². The zero-order chi connectivity index (χ0) is 17.4. The Morgan fingerprint density at radius 1 is 1.12 bits per heavy atom. The Bertz CT molecular complexity index is 590. The third kappa shape index (κ3) is 6.10. The van der Waals surface area contributed by atoms with Crippen LogP contribution in [0.5, 0.6) is 0 Å². The third-order valence-electron chi connectivity index (χ3n) is 3.97. The maximum Gasteiger partial charge on any atom is 0.152 e. The molecule has 0 atom stereocenters. The van der Waals surface area contributed by atoms with Crippen molar-refractivity contribution in [3.8, 4) is 0 Å². The number of hydrogen-bond acceptors (Lipinski definition) is 8. The van der Waals surface area contributed by atoms with Gasteiger partial charge in [-0.3, -0.25) is 4.90 Å². The molecule has 0 aliphatic carbocycles. The number of rotatable bonds is 10. The first-order chi connectivity index (χ1) is 11.5. The molecule has 0 unspecified atom stereocenters. The summed E-state index contributed by atoms with van der Waals surface area (Å²) < 4.78 is 35.5. The monoisotopic (exact) mass is 361 g/mol. The quantitative estimate of drug-likeness (QED) is 0.518. The molecule has 0 amide bonds. The summed E-state index contributed by atoms with van der Waals surface area (Å²) >= 11 is 0. The number of hydrogen-bond donors (Lipinski definition) is 1. The normalized spacial score (nSPS) is 18.1. The van der Waals surface area contributed by atoms with Crippen LogP contribution in [-0.2, 0) is 32.4 Å². The molecular formula is C14H27N5O4S. The molecule has 1 aliphatic rings. The SMILES string of the molecule is Cc1c(CN2CCS(=O)(=O)CC2)nnn1CCOCCOCCN. The Balaban J connectivity index is 1.71. The fourth-order valence-corrected chi connectivity index (χ4v) is 3.71. The lowest BCUT2D eigenvalue weighted by Crippen LogP contribution is -2.39. The summed E-state index contributed by atoms with van der Waals surface area (Å²) in [5.74, 6) is 0.445. The largest absolute Gasteiger partial charge is 0.378 e. The van der Waals surface area contributed by atoms with Crippen molar-refractivity contribution in [2.75, 3.05) is 57.6 Å². The highest BCUT2D eigenvalue weighted by Gasteiger charge is 2.23. The molecule has 0 bridgehead atoms. The molecule has 1 fully saturated rings. The van der Waals surface area contributed by atoms with Crippen LogP contribution in [0.1, 0.15) is 11.4 Å². The molecule has 0 aromatic carbocycles. The molecule has 2 N–H and O–H groups in total. The fourth-order valence-electron chi connectivity index (χ4n) is 2.43. The van der Waals surface area contributed by atoms with Gasteiger partial charge < -0.3 is 15.2 Å². The number of nitrogens with zero attached hydrogens (tertiary/aromatic N) is 4. The van der Waals surface area contributed by atoms with Gasteiger partial charge in [-0.15, -0.1) is 5.10 Å². The number of nitrogens with two attached hydrogens (primary N) is 1. The molecule has 0 radical (unpaired) electrons. The maximum atomic E-state index is 11.5. The van der Waals surface area contributed by atoms with E-state index in [0.29, 0.717) is 59.2 Å². The van der Waals surface area contributed by atoms with Gasteiger partial charge in [-0.25, -0.2) is 13.1 Å². The molecule has 1 aliphatic heterocycles. The molecule has 1 aromatic heterocycles. The van der Waals surface area contributed by atoms with Crippen molar-refractivity contribution in [1.82, 2.24) is 19.9 Å². The van der Waals surface area contributed by atoms with Gasteiger partial charge in [-0.2, -0.15) is 0 Å². The van der Waals surface area contributed by atoms with E-state index in [9.17, 15) is 8.42 Å². The zero-order valence-corrected chi connectivity index (χ0v) is 15.0. The van der Waals surface area contributed by atoms with Crippen LogP contribution in [0.15, 0.2) is 0 Å². The van der Waals surface area contributed by atoms with Crippen LogP contribution in [0, 0.1) is 6.92 Å². The molecular weight excluding hydrogens is 334 g/mol. The van der Waals surface area contributed by atoms with Crippen LogP contribution >= 0.6 is 0 Å². The van der Waals surface area contributed by atoms with Gasteiger partial charge in [0.15, 0.2) is 9.84 Å². The van der Waals surface area contributed by atoms with Gasteiger partial charge in [0, 0.05) is 26.2 Å². The van der Waals surface area contributed by atoms with Crippen molar-refractivity contribution in [2.24, 2.45) is 5.73 Å².